The zero-order chi connectivity index (χ0) is 22.6. The van der Waals surface area contributed by atoms with Crippen LogP contribution in [0.3, 0.4) is 0 Å². The first-order valence-corrected chi connectivity index (χ1v) is 10.6. The van der Waals surface area contributed by atoms with E-state index in [1.165, 1.54) is 4.90 Å². The predicted molar refractivity (Wildman–Crippen MR) is 115 cm³/mol. The lowest BCUT2D eigenvalue weighted by Gasteiger charge is -2.46. The van der Waals surface area contributed by atoms with Gasteiger partial charge in [-0.2, -0.15) is 15.8 Å². The van der Waals surface area contributed by atoms with Crippen LogP contribution in [0.1, 0.15) is 31.2 Å². The summed E-state index contributed by atoms with van der Waals surface area (Å²) in [5, 5.41) is 38.7. The zero-order valence-electron chi connectivity index (χ0n) is 18.2. The van der Waals surface area contributed by atoms with Crippen LogP contribution >= 0.6 is 0 Å². The van der Waals surface area contributed by atoms with Crippen molar-refractivity contribution < 1.29 is 14.4 Å². The molecule has 1 aromatic rings. The summed E-state index contributed by atoms with van der Waals surface area (Å²) < 4.78 is 11.4. The van der Waals surface area contributed by atoms with Crippen LogP contribution in [-0.2, 0) is 0 Å². The zero-order valence-corrected chi connectivity index (χ0v) is 18.2. The van der Waals surface area contributed by atoms with E-state index in [2.05, 4.69) is 32.2 Å². The van der Waals surface area contributed by atoms with Gasteiger partial charge in [-0.3, -0.25) is 0 Å². The van der Waals surface area contributed by atoms with Crippen LogP contribution < -0.4 is 14.4 Å². The van der Waals surface area contributed by atoms with E-state index in [9.17, 15) is 15.8 Å². The van der Waals surface area contributed by atoms with E-state index in [1.54, 1.807) is 7.11 Å². The van der Waals surface area contributed by atoms with Crippen LogP contribution in [0.15, 0.2) is 29.8 Å². The Morgan fingerprint density at radius 1 is 1.23 bits per heavy atom. The predicted octanol–water partition coefficient (Wildman–Crippen LogP) is 2.24. The largest absolute Gasteiger partial charge is 0.493 e. The monoisotopic (exact) mass is 418 g/mol. The molecule has 0 saturated heterocycles. The van der Waals surface area contributed by atoms with E-state index in [4.69, 9.17) is 14.9 Å². The van der Waals surface area contributed by atoms with Gasteiger partial charge in [-0.25, -0.2) is 0 Å². The number of rotatable bonds is 6. The van der Waals surface area contributed by atoms with Crippen LogP contribution in [0.2, 0.25) is 0 Å². The van der Waals surface area contributed by atoms with Crippen LogP contribution in [0.5, 0.6) is 11.5 Å². The highest BCUT2D eigenvalue weighted by Gasteiger charge is 2.58. The fraction of sp³-hybridized carbons (Fsp3) is 0.500. The Bertz CT molecular complexity index is 996. The number of quaternary nitrogens is 1. The molecule has 1 aromatic carbocycles. The second-order valence-corrected chi connectivity index (χ2v) is 8.27. The second kappa shape index (κ2) is 9.21. The van der Waals surface area contributed by atoms with Crippen molar-refractivity contribution in [2.24, 2.45) is 17.3 Å². The molecular formula is C24H28N5O2+. The van der Waals surface area contributed by atoms with Crippen molar-refractivity contribution in [3.05, 3.63) is 35.4 Å². The van der Waals surface area contributed by atoms with Gasteiger partial charge in [0.25, 0.3) is 0 Å². The Labute approximate surface area is 183 Å². The summed E-state index contributed by atoms with van der Waals surface area (Å²) in [6, 6.07) is 11.9. The summed E-state index contributed by atoms with van der Waals surface area (Å²) in [5.74, 6) is -0.452. The molecule has 0 radical (unpaired) electrons. The fourth-order valence-corrected chi connectivity index (χ4v) is 4.76. The summed E-state index contributed by atoms with van der Waals surface area (Å²) in [7, 11) is 3.61. The first kappa shape index (κ1) is 22.3. The van der Waals surface area contributed by atoms with Gasteiger partial charge < -0.3 is 19.8 Å². The molecule has 1 saturated carbocycles. The Kier molecular flexibility index (Phi) is 6.64. The highest BCUT2D eigenvalue weighted by Crippen LogP contribution is 2.53. The number of unbranched alkanes of at least 4 members (excludes halogenated alkanes) is 1. The topological polar surface area (TPSA) is 118 Å². The molecule has 0 amide bonds. The molecule has 2 N–H and O–H groups in total. The minimum Gasteiger partial charge on any atom is -0.493 e. The van der Waals surface area contributed by atoms with Crippen molar-refractivity contribution in [3.8, 4) is 29.7 Å². The number of methoxy groups -OCH3 is 1. The molecule has 4 atom stereocenters. The van der Waals surface area contributed by atoms with Crippen molar-refractivity contribution in [2.45, 2.75) is 25.7 Å². The molecule has 7 nitrogen and oxygen atoms in total. The summed E-state index contributed by atoms with van der Waals surface area (Å²) in [6.45, 7) is 4.11. The summed E-state index contributed by atoms with van der Waals surface area (Å²) in [5.41, 5.74) is -0.245. The Hall–Kier alpha value is -3.34. The molecule has 31 heavy (non-hydrogen) atoms. The molecule has 1 heterocycles. The molecule has 1 fully saturated rings. The average molecular weight is 419 g/mol. The fourth-order valence-electron chi connectivity index (χ4n) is 4.76. The number of ether oxygens (including phenoxy) is 2. The van der Waals surface area contributed by atoms with Gasteiger partial charge in [0, 0.05) is 11.8 Å². The van der Waals surface area contributed by atoms with Crippen molar-refractivity contribution in [3.63, 3.8) is 0 Å². The Morgan fingerprint density at radius 2 is 1.97 bits per heavy atom. The minimum atomic E-state index is -1.71. The first-order valence-electron chi connectivity index (χ1n) is 10.6. The maximum absolute atomic E-state index is 10.1. The number of hydrogen-bond donors (Lipinski definition) is 2. The molecule has 160 valence electrons. The maximum atomic E-state index is 10.1. The van der Waals surface area contributed by atoms with E-state index in [1.807, 2.05) is 24.3 Å². The molecule has 0 spiro atoms. The number of hydrogen-bond acceptors (Lipinski definition) is 6. The first-order chi connectivity index (χ1) is 15.0. The summed E-state index contributed by atoms with van der Waals surface area (Å²) in [4.78, 5) is 1.24. The minimum absolute atomic E-state index is 0.130. The van der Waals surface area contributed by atoms with Gasteiger partial charge in [0.15, 0.2) is 16.9 Å². The number of benzene rings is 1. The number of likely N-dealkylation sites (N-methyl/N-ethyl adjacent to an activating group) is 1. The Morgan fingerprint density at radius 3 is 2.58 bits per heavy atom. The molecule has 3 rings (SSSR count). The summed E-state index contributed by atoms with van der Waals surface area (Å²) in [6.07, 6.45) is 3.96. The smallest absolute Gasteiger partial charge is 0.189 e. The van der Waals surface area contributed by atoms with Gasteiger partial charge in [0.1, 0.15) is 5.92 Å². The quantitative estimate of drug-likeness (QED) is 0.542. The molecule has 0 bridgehead atoms. The number of nitrogens with zero attached hydrogens (tertiary/aromatic N) is 3. The molecule has 1 aliphatic heterocycles. The van der Waals surface area contributed by atoms with E-state index in [0.29, 0.717) is 24.7 Å². The van der Waals surface area contributed by atoms with Crippen molar-refractivity contribution >= 4 is 5.71 Å². The van der Waals surface area contributed by atoms with E-state index in [-0.39, 0.29) is 11.6 Å². The summed E-state index contributed by atoms with van der Waals surface area (Å²) >= 11 is 0. The van der Waals surface area contributed by atoms with Gasteiger partial charge in [0.05, 0.1) is 57.8 Å². The molecule has 7 heteroatoms. The average Bonchev–Trinajstić information content (AvgIpc) is 2.79. The van der Waals surface area contributed by atoms with Gasteiger partial charge in [-0.15, -0.1) is 0 Å². The molecular weight excluding hydrogens is 390 g/mol. The number of nitrogens with one attached hydrogen (secondary N) is 2. The van der Waals surface area contributed by atoms with Crippen molar-refractivity contribution in [1.29, 1.82) is 21.2 Å². The van der Waals surface area contributed by atoms with E-state index < -0.39 is 17.3 Å². The Balaban J connectivity index is 2.14. The van der Waals surface area contributed by atoms with Crippen LogP contribution in [0.25, 0.3) is 0 Å². The van der Waals surface area contributed by atoms with Gasteiger partial charge in [0.2, 0.25) is 0 Å². The third kappa shape index (κ3) is 3.76. The lowest BCUT2D eigenvalue weighted by molar-refractivity contribution is -0.878. The molecule has 1 unspecified atom stereocenters. The maximum Gasteiger partial charge on any atom is 0.189 e. The van der Waals surface area contributed by atoms with Crippen LogP contribution in [0, 0.1) is 56.7 Å². The van der Waals surface area contributed by atoms with Gasteiger partial charge in [-0.05, 0) is 35.8 Å². The number of nitriles is 3. The van der Waals surface area contributed by atoms with Crippen LogP contribution in [0.4, 0.5) is 0 Å². The lowest BCUT2D eigenvalue weighted by atomic mass is 9.54. The molecule has 1 aliphatic carbocycles. The third-order valence-electron chi connectivity index (χ3n) is 6.38. The highest BCUT2D eigenvalue weighted by atomic mass is 16.5. The van der Waals surface area contributed by atoms with Crippen molar-refractivity contribution in [1.82, 2.24) is 0 Å². The highest BCUT2D eigenvalue weighted by molar-refractivity contribution is 6.00. The number of fused-ring (bicyclic) bond motifs is 1. The molecule has 0 aromatic heterocycles. The standard InChI is InChI=1S/C24H27N5O2/c1-4-5-10-31-20-7-6-16(11-21(20)30-3)22-19-13-29(2)9-8-17(19)18(12-25)23(28)24(22,14-26)15-27/h6-8,11,18-19,22,28H,4-5,9-10,13H2,1-3H3/p+1/t18-,19+,22-/m1/s1. The van der Waals surface area contributed by atoms with Crippen LogP contribution in [-0.4, -0.2) is 39.6 Å². The molecule has 2 aliphatic rings. The SMILES string of the molecule is CCCCOc1ccc([C@@H]2[C@H]3C[NH+](C)CC=C3[C@@H](C#N)C(=N)C2(C#N)C#N)cc1OC. The van der Waals surface area contributed by atoms with E-state index in [0.717, 1.165) is 30.5 Å². The third-order valence-corrected chi connectivity index (χ3v) is 6.38. The van der Waals surface area contributed by atoms with Gasteiger partial charge >= 0.3 is 0 Å². The second-order valence-electron chi connectivity index (χ2n) is 8.27. The van der Waals surface area contributed by atoms with Crippen molar-refractivity contribution in [2.75, 3.05) is 33.9 Å². The van der Waals surface area contributed by atoms with Gasteiger partial charge in [-0.1, -0.05) is 19.4 Å². The lowest BCUT2D eigenvalue weighted by Crippen LogP contribution is -3.10. The van der Waals surface area contributed by atoms with E-state index >= 15 is 0 Å². The normalized spacial score (nSPS) is 26.5.